The van der Waals surface area contributed by atoms with Crippen LogP contribution >= 0.6 is 0 Å². The van der Waals surface area contributed by atoms with Crippen molar-refractivity contribution in [2.24, 2.45) is 17.8 Å². The monoisotopic (exact) mass is 245 g/mol. The molecular formula is C12H23NO4. The van der Waals surface area contributed by atoms with E-state index in [1.165, 1.54) is 6.92 Å². The molecule has 0 aromatic heterocycles. The molecule has 17 heavy (non-hydrogen) atoms. The number of aliphatic hydroxyl groups excluding tert-OH is 1. The molecule has 0 heterocycles. The Kier molecular flexibility index (Phi) is 6.80. The molecule has 0 saturated heterocycles. The van der Waals surface area contributed by atoms with E-state index in [-0.39, 0.29) is 24.5 Å². The van der Waals surface area contributed by atoms with Crippen molar-refractivity contribution in [1.82, 2.24) is 5.32 Å². The highest BCUT2D eigenvalue weighted by molar-refractivity contribution is 5.84. The third kappa shape index (κ3) is 5.17. The fourth-order valence-electron chi connectivity index (χ4n) is 1.47. The molecule has 0 aliphatic heterocycles. The summed E-state index contributed by atoms with van der Waals surface area (Å²) in [6.45, 7) is 7.03. The first-order chi connectivity index (χ1) is 7.81. The summed E-state index contributed by atoms with van der Waals surface area (Å²) in [4.78, 5) is 22.6. The summed E-state index contributed by atoms with van der Waals surface area (Å²) in [6.07, 6.45) is 0.484. The highest BCUT2D eigenvalue weighted by Crippen LogP contribution is 2.13. The van der Waals surface area contributed by atoms with Crippen molar-refractivity contribution in [3.05, 3.63) is 0 Å². The molecule has 0 radical (unpaired) electrons. The SMILES string of the molecule is CC(C)C(CCO)NC(=O)C(C)C(C)C(=O)O. The number of aliphatic hydroxyl groups is 1. The van der Waals surface area contributed by atoms with Gasteiger partial charge in [0.1, 0.15) is 0 Å². The van der Waals surface area contributed by atoms with Crippen LogP contribution in [-0.4, -0.2) is 34.7 Å². The van der Waals surface area contributed by atoms with Gasteiger partial charge in [-0.15, -0.1) is 0 Å². The van der Waals surface area contributed by atoms with Crippen molar-refractivity contribution in [2.75, 3.05) is 6.61 Å². The van der Waals surface area contributed by atoms with Crippen LogP contribution in [0.15, 0.2) is 0 Å². The van der Waals surface area contributed by atoms with Gasteiger partial charge in [0.25, 0.3) is 0 Å². The Bertz CT molecular complexity index is 265. The van der Waals surface area contributed by atoms with E-state index in [0.29, 0.717) is 6.42 Å². The lowest BCUT2D eigenvalue weighted by atomic mass is 9.93. The molecule has 0 fully saturated rings. The summed E-state index contributed by atoms with van der Waals surface area (Å²) in [7, 11) is 0. The zero-order valence-corrected chi connectivity index (χ0v) is 10.9. The highest BCUT2D eigenvalue weighted by Gasteiger charge is 2.27. The molecule has 0 bridgehead atoms. The molecule has 0 aliphatic carbocycles. The van der Waals surface area contributed by atoms with Crippen molar-refractivity contribution in [3.63, 3.8) is 0 Å². The molecule has 3 atom stereocenters. The van der Waals surface area contributed by atoms with Gasteiger partial charge >= 0.3 is 5.97 Å². The first-order valence-electron chi connectivity index (χ1n) is 5.95. The molecule has 3 N–H and O–H groups in total. The van der Waals surface area contributed by atoms with E-state index >= 15 is 0 Å². The Morgan fingerprint density at radius 2 is 1.65 bits per heavy atom. The van der Waals surface area contributed by atoms with E-state index in [4.69, 9.17) is 10.2 Å². The summed E-state index contributed by atoms with van der Waals surface area (Å²) in [6, 6.07) is -0.115. The first-order valence-corrected chi connectivity index (χ1v) is 5.95. The average molecular weight is 245 g/mol. The number of aliphatic carboxylic acids is 1. The summed E-state index contributed by atoms with van der Waals surface area (Å²) in [5, 5.41) is 20.5. The second kappa shape index (κ2) is 7.27. The Morgan fingerprint density at radius 1 is 1.12 bits per heavy atom. The molecule has 0 aromatic carbocycles. The number of carboxylic acid groups (broad SMARTS) is 1. The fourth-order valence-corrected chi connectivity index (χ4v) is 1.47. The Hall–Kier alpha value is -1.10. The van der Waals surface area contributed by atoms with Gasteiger partial charge in [-0.3, -0.25) is 9.59 Å². The minimum Gasteiger partial charge on any atom is -0.481 e. The van der Waals surface area contributed by atoms with E-state index < -0.39 is 17.8 Å². The molecule has 100 valence electrons. The quantitative estimate of drug-likeness (QED) is 0.621. The van der Waals surface area contributed by atoms with Crippen LogP contribution in [0.1, 0.15) is 34.1 Å². The van der Waals surface area contributed by atoms with Gasteiger partial charge in [-0.1, -0.05) is 27.7 Å². The summed E-state index contributed by atoms with van der Waals surface area (Å²) in [5.74, 6) is -2.33. The molecular weight excluding hydrogens is 222 g/mol. The van der Waals surface area contributed by atoms with E-state index in [9.17, 15) is 9.59 Å². The van der Waals surface area contributed by atoms with Crippen molar-refractivity contribution >= 4 is 11.9 Å². The zero-order chi connectivity index (χ0) is 13.6. The van der Waals surface area contributed by atoms with E-state index in [2.05, 4.69) is 5.32 Å². The van der Waals surface area contributed by atoms with Crippen LogP contribution in [0.3, 0.4) is 0 Å². The molecule has 0 spiro atoms. The minimum atomic E-state index is -0.976. The van der Waals surface area contributed by atoms with Gasteiger partial charge in [0.05, 0.1) is 5.92 Å². The van der Waals surface area contributed by atoms with Crippen LogP contribution in [0.25, 0.3) is 0 Å². The van der Waals surface area contributed by atoms with Gasteiger partial charge in [0, 0.05) is 18.6 Å². The van der Waals surface area contributed by atoms with E-state index in [1.54, 1.807) is 6.92 Å². The Balaban J connectivity index is 4.45. The maximum absolute atomic E-state index is 11.8. The number of amides is 1. The molecule has 5 nitrogen and oxygen atoms in total. The van der Waals surface area contributed by atoms with Crippen molar-refractivity contribution in [3.8, 4) is 0 Å². The number of carboxylic acids is 1. The summed E-state index contributed by atoms with van der Waals surface area (Å²) < 4.78 is 0. The Morgan fingerprint density at radius 3 is 2.00 bits per heavy atom. The molecule has 0 saturated carbocycles. The lowest BCUT2D eigenvalue weighted by Crippen LogP contribution is -2.44. The molecule has 5 heteroatoms. The van der Waals surface area contributed by atoms with Crippen LogP contribution in [0, 0.1) is 17.8 Å². The smallest absolute Gasteiger partial charge is 0.307 e. The first kappa shape index (κ1) is 15.9. The minimum absolute atomic E-state index is 0.00594. The second-order valence-corrected chi connectivity index (χ2v) is 4.79. The van der Waals surface area contributed by atoms with Crippen LogP contribution in [0.2, 0.25) is 0 Å². The molecule has 0 rings (SSSR count). The average Bonchev–Trinajstić information content (AvgIpc) is 2.25. The van der Waals surface area contributed by atoms with Crippen molar-refractivity contribution in [1.29, 1.82) is 0 Å². The maximum Gasteiger partial charge on any atom is 0.307 e. The van der Waals surface area contributed by atoms with E-state index in [1.807, 2.05) is 13.8 Å². The normalized spacial score (nSPS) is 16.4. The van der Waals surface area contributed by atoms with Gasteiger partial charge in [0.2, 0.25) is 5.91 Å². The van der Waals surface area contributed by atoms with Gasteiger partial charge in [-0.25, -0.2) is 0 Å². The lowest BCUT2D eigenvalue weighted by molar-refractivity contribution is -0.146. The second-order valence-electron chi connectivity index (χ2n) is 4.79. The van der Waals surface area contributed by atoms with Crippen LogP contribution in [0.4, 0.5) is 0 Å². The molecule has 3 unspecified atom stereocenters. The predicted molar refractivity (Wildman–Crippen MR) is 64.4 cm³/mol. The van der Waals surface area contributed by atoms with Crippen LogP contribution in [-0.2, 0) is 9.59 Å². The summed E-state index contributed by atoms with van der Waals surface area (Å²) in [5.41, 5.74) is 0. The topological polar surface area (TPSA) is 86.6 Å². The number of carbonyl (C=O) groups is 2. The molecule has 0 aromatic rings. The third-order valence-corrected chi connectivity index (χ3v) is 3.13. The van der Waals surface area contributed by atoms with Crippen molar-refractivity contribution in [2.45, 2.75) is 40.2 Å². The highest BCUT2D eigenvalue weighted by atomic mass is 16.4. The standard InChI is InChI=1S/C12H23NO4/c1-7(2)10(5-6-14)13-11(15)8(3)9(4)12(16)17/h7-10,14H,5-6H2,1-4H3,(H,13,15)(H,16,17). The predicted octanol–water partition coefficient (Wildman–Crippen LogP) is 0.866. The number of nitrogens with one attached hydrogen (secondary N) is 1. The zero-order valence-electron chi connectivity index (χ0n) is 10.9. The number of hydrogen-bond acceptors (Lipinski definition) is 3. The summed E-state index contributed by atoms with van der Waals surface area (Å²) >= 11 is 0. The van der Waals surface area contributed by atoms with Crippen LogP contribution < -0.4 is 5.32 Å². The molecule has 1 amide bonds. The van der Waals surface area contributed by atoms with Crippen LogP contribution in [0.5, 0.6) is 0 Å². The van der Waals surface area contributed by atoms with Gasteiger partial charge in [-0.2, -0.15) is 0 Å². The van der Waals surface area contributed by atoms with Gasteiger partial charge in [0.15, 0.2) is 0 Å². The fraction of sp³-hybridized carbons (Fsp3) is 0.833. The number of hydrogen-bond donors (Lipinski definition) is 3. The largest absolute Gasteiger partial charge is 0.481 e. The van der Waals surface area contributed by atoms with E-state index in [0.717, 1.165) is 0 Å². The number of carbonyl (C=O) groups excluding carboxylic acids is 1. The molecule has 0 aliphatic rings. The van der Waals surface area contributed by atoms with Crippen molar-refractivity contribution < 1.29 is 19.8 Å². The maximum atomic E-state index is 11.8. The lowest BCUT2D eigenvalue weighted by Gasteiger charge is -2.24. The van der Waals surface area contributed by atoms with Gasteiger partial charge < -0.3 is 15.5 Å². The number of rotatable bonds is 7. The third-order valence-electron chi connectivity index (χ3n) is 3.13. The Labute approximate surface area is 102 Å². The van der Waals surface area contributed by atoms with Gasteiger partial charge in [-0.05, 0) is 12.3 Å².